The van der Waals surface area contributed by atoms with Gasteiger partial charge in [0.15, 0.2) is 0 Å². The van der Waals surface area contributed by atoms with Crippen LogP contribution in [0.15, 0.2) is 90.3 Å². The number of ether oxygens (including phenoxy) is 15. The quantitative estimate of drug-likeness (QED) is 0.0273. The van der Waals surface area contributed by atoms with Crippen molar-refractivity contribution >= 4 is 107 Å². The molecule has 0 bridgehead atoms. The zero-order valence-corrected chi connectivity index (χ0v) is 78.1. The number of rotatable bonds is 20. The molecule has 1 saturated heterocycles. The number of carbonyl (C=O) groups excluding carboxylic acids is 2. The van der Waals surface area contributed by atoms with Crippen molar-refractivity contribution in [3.63, 3.8) is 0 Å². The SMILES string of the molecule is C1CCOC1.C=CCOC(=O)N(C)CC[C@]1(C)N=C(OC)[C@@H](C(C)C)N=C1OC.C=CCOC(C)=O.CCC[C@]1(C)N=C(OC)[C@@H](C(C)C)N=C1OC.COC1=N[C@@](C)(CCCl)C(OC)=N[C@@H]1C(C)C.COC1=N[C@@](C)(CCN=[N+]=[N-])C(OC)=N[C@@H]1C(C)C.COC1=N[C@H](C(C)C)C(OC)=NC1.COC1=N[C@H](C(C)C)C(OC)=NC1C.Cl. The lowest BCUT2D eigenvalue weighted by Crippen LogP contribution is -2.46. The van der Waals surface area contributed by atoms with Crippen LogP contribution in [-0.4, -0.2) is 296 Å². The summed E-state index contributed by atoms with van der Waals surface area (Å²) in [6, 6.07) is -0.427. The highest BCUT2D eigenvalue weighted by Crippen LogP contribution is 2.32. The summed E-state index contributed by atoms with van der Waals surface area (Å²) in [5.74, 6) is 9.97. The second-order valence-corrected chi connectivity index (χ2v) is 30.7. The third kappa shape index (κ3) is 36.5. The smallest absolute Gasteiger partial charge is 0.409 e. The van der Waals surface area contributed by atoms with Crippen LogP contribution in [0.1, 0.15) is 176 Å². The van der Waals surface area contributed by atoms with E-state index in [9.17, 15) is 9.59 Å². The maximum Gasteiger partial charge on any atom is 0.409 e. The summed E-state index contributed by atoms with van der Waals surface area (Å²) in [4.78, 5) is 80.7. The first-order valence-electron chi connectivity index (χ1n) is 39.6. The molecule has 1 unspecified atom stereocenters. The molecule has 1 fully saturated rings. The molecule has 0 aliphatic carbocycles. The molecule has 0 N–H and O–H groups in total. The summed E-state index contributed by atoms with van der Waals surface area (Å²) < 4.78 is 78.1. The molecule has 0 aromatic carbocycles. The first-order valence-corrected chi connectivity index (χ1v) is 40.2. The van der Waals surface area contributed by atoms with Crippen molar-refractivity contribution in [2.45, 2.75) is 241 Å². The minimum atomic E-state index is -0.682. The van der Waals surface area contributed by atoms with E-state index in [1.165, 1.54) is 36.8 Å². The van der Waals surface area contributed by atoms with Gasteiger partial charge < -0.3 is 76.0 Å². The molecule has 0 aromatic heterocycles. The Balaban J connectivity index is 0. The van der Waals surface area contributed by atoms with Gasteiger partial charge in [0.1, 0.15) is 84.2 Å². The van der Waals surface area contributed by atoms with E-state index in [0.29, 0.717) is 134 Å². The van der Waals surface area contributed by atoms with Gasteiger partial charge in [-0.25, -0.2) is 64.7 Å². The number of aliphatic imine (C=N–C) groups is 12. The second-order valence-electron chi connectivity index (χ2n) is 30.3. The molecule has 33 nitrogen and oxygen atoms in total. The maximum absolute atomic E-state index is 11.8. The van der Waals surface area contributed by atoms with E-state index in [1.807, 2.05) is 27.7 Å². The number of azide groups is 1. The zero-order chi connectivity index (χ0) is 88.7. The molecule has 670 valence electrons. The van der Waals surface area contributed by atoms with Crippen LogP contribution >= 0.6 is 24.0 Å². The maximum atomic E-state index is 11.8. The molecule has 1 amide bonds. The van der Waals surface area contributed by atoms with Gasteiger partial charge in [-0.2, -0.15) is 0 Å². The van der Waals surface area contributed by atoms with E-state index in [1.54, 1.807) is 92.4 Å². The van der Waals surface area contributed by atoms with Gasteiger partial charge in [0, 0.05) is 51.1 Å². The van der Waals surface area contributed by atoms with E-state index < -0.39 is 22.7 Å². The number of halogens is 2. The minimum Gasteiger partial charge on any atom is -0.483 e. The van der Waals surface area contributed by atoms with Gasteiger partial charge in [-0.15, -0.1) is 24.0 Å². The number of methoxy groups -OCH3 is 12. The predicted molar refractivity (Wildman–Crippen MR) is 475 cm³/mol. The lowest BCUT2D eigenvalue weighted by molar-refractivity contribution is -0.139. The average Bonchev–Trinajstić information content (AvgIpc) is 0.822. The van der Waals surface area contributed by atoms with Crippen LogP contribution in [0, 0.1) is 35.5 Å². The Morgan fingerprint density at radius 1 is 0.504 bits per heavy atom. The molecule has 7 heterocycles. The van der Waals surface area contributed by atoms with Crippen molar-refractivity contribution in [2.75, 3.05) is 144 Å². The normalized spacial score (nSPS) is 24.6. The summed E-state index contributed by atoms with van der Waals surface area (Å²) in [5.41, 5.74) is 6.15. The van der Waals surface area contributed by atoms with Crippen molar-refractivity contribution < 1.29 is 80.6 Å². The van der Waals surface area contributed by atoms with E-state index in [2.05, 4.69) is 175 Å². The fourth-order valence-electron chi connectivity index (χ4n) is 11.9. The van der Waals surface area contributed by atoms with Gasteiger partial charge in [0.05, 0.1) is 85.3 Å². The van der Waals surface area contributed by atoms with Gasteiger partial charge in [0.25, 0.3) is 0 Å². The van der Waals surface area contributed by atoms with Crippen molar-refractivity contribution in [2.24, 2.45) is 101 Å². The van der Waals surface area contributed by atoms with Crippen molar-refractivity contribution in [3.05, 3.63) is 35.8 Å². The molecule has 117 heavy (non-hydrogen) atoms. The lowest BCUT2D eigenvalue weighted by atomic mass is 9.93. The van der Waals surface area contributed by atoms with E-state index in [4.69, 9.17) is 93.4 Å². The molecule has 0 saturated carbocycles. The molecule has 11 atom stereocenters. The van der Waals surface area contributed by atoms with Crippen LogP contribution < -0.4 is 0 Å². The molecule has 7 aliphatic heterocycles. The Bertz CT molecular complexity index is 3350. The number of amides is 1. The summed E-state index contributed by atoms with van der Waals surface area (Å²) in [5, 5.41) is 3.54. The monoisotopic (exact) mass is 1700 g/mol. The molecule has 7 rings (SSSR count). The number of carbonyl (C=O) groups is 2. The number of alkyl halides is 1. The first kappa shape index (κ1) is 111. The van der Waals surface area contributed by atoms with E-state index in [-0.39, 0.29) is 84.7 Å². The molecular formula is C82H146Cl2N16O17. The lowest BCUT2D eigenvalue weighted by Gasteiger charge is -2.34. The Labute approximate surface area is 710 Å². The molecule has 0 aromatic rings. The largest absolute Gasteiger partial charge is 0.483 e. The van der Waals surface area contributed by atoms with Crippen LogP contribution in [-0.2, 0) is 75.8 Å². The third-order valence-electron chi connectivity index (χ3n) is 18.6. The van der Waals surface area contributed by atoms with Crippen LogP contribution in [0.2, 0.25) is 0 Å². The number of nitrogens with zero attached hydrogens (tertiary/aromatic N) is 16. The summed E-state index contributed by atoms with van der Waals surface area (Å²) in [6.07, 6.45) is 8.91. The van der Waals surface area contributed by atoms with Gasteiger partial charge in [-0.1, -0.05) is 127 Å². The number of hydrogen-bond acceptors (Lipinski definition) is 30. The number of esters is 1. The molecule has 0 radical (unpaired) electrons. The Morgan fingerprint density at radius 2 is 0.846 bits per heavy atom. The fourth-order valence-corrected chi connectivity index (χ4v) is 12.3. The fraction of sp³-hybridized carbons (Fsp3) is 0.780. The van der Waals surface area contributed by atoms with Crippen LogP contribution in [0.4, 0.5) is 4.79 Å². The summed E-state index contributed by atoms with van der Waals surface area (Å²) >= 11 is 5.82. The van der Waals surface area contributed by atoms with E-state index in [0.717, 1.165) is 37.9 Å². The molecular weight excluding hydrogens is 1550 g/mol. The van der Waals surface area contributed by atoms with Gasteiger partial charge in [-0.3, -0.25) is 4.79 Å². The average molecular weight is 1700 g/mol. The zero-order valence-electron chi connectivity index (χ0n) is 76.6. The van der Waals surface area contributed by atoms with Crippen molar-refractivity contribution in [3.8, 4) is 0 Å². The van der Waals surface area contributed by atoms with E-state index >= 15 is 0 Å². The highest BCUT2D eigenvalue weighted by atomic mass is 35.5. The highest BCUT2D eigenvalue weighted by molar-refractivity contribution is 6.18. The van der Waals surface area contributed by atoms with Gasteiger partial charge >= 0.3 is 12.1 Å². The number of hydrogen-bond donors (Lipinski definition) is 0. The van der Waals surface area contributed by atoms with Gasteiger partial charge in [-0.05, 0) is 114 Å². The Hall–Kier alpha value is -8.29. The minimum absolute atomic E-state index is 0. The third-order valence-corrected chi connectivity index (χ3v) is 18.7. The second kappa shape index (κ2) is 57.8. The molecule has 7 aliphatic rings. The molecule has 35 heteroatoms. The summed E-state index contributed by atoms with van der Waals surface area (Å²) in [6.45, 7) is 48.9. The Kier molecular flexibility index (Phi) is 54.7. The van der Waals surface area contributed by atoms with Crippen LogP contribution in [0.25, 0.3) is 10.4 Å². The highest BCUT2D eigenvalue weighted by Gasteiger charge is 2.44. The molecule has 0 spiro atoms. The van der Waals surface area contributed by atoms with Gasteiger partial charge in [0.2, 0.25) is 70.8 Å². The topological polar surface area (TPSA) is 373 Å². The van der Waals surface area contributed by atoms with Crippen LogP contribution in [0.3, 0.4) is 0 Å². The standard InChI is InChI=1S/C17H29N3O4.C13H24N2O2.C12H21ClN2O2.C12H21N5O2.C10H18N2O2.C9H16N2O2.C5H8O2.C4H8O.ClH/c1-8-11-24-16(21)20(5)10-9-17(4)15(23-7)18-13(12(2)3)14(19-17)22-6;1-7-8-13(4)12(17-6)14-10(9(2)3)11(15-13)16-5;1-8(2)9-10(16-4)15-12(3,6-7-13)11(14-9)17-5;1-8(2)9-10(18-4)16-12(3,6-7-14-17-13)11(15-9)19-5;1-6(2)8-10(14-5)11-7(3)9(12-8)13-4;1-6(2)8-9(13-4)10-5-7(11-8)12-3;1-3-4-7-5(2)6;1-2-4-5-3-1;/h8,12-13H,1,9-11H2,2-7H3;9-10H,7-8H2,1-6H3;8-9H,6-7H2,1-5H3;8-9H,6-7H2,1-5H3;6-8H,1-5H3;6,8H,5H2,1-4H3;3H,1,4H2,2H3;1-4H2;1H/t13-,17+;10-,13+;2*9-,12+;7?,8-;8-;;;/m111111.../s1. The first-order chi connectivity index (χ1) is 54.8. The van der Waals surface area contributed by atoms with Crippen molar-refractivity contribution in [1.82, 2.24) is 4.90 Å². The van der Waals surface area contributed by atoms with Crippen LogP contribution in [0.5, 0.6) is 0 Å². The van der Waals surface area contributed by atoms with Crippen molar-refractivity contribution in [1.29, 1.82) is 0 Å². The predicted octanol–water partition coefficient (Wildman–Crippen LogP) is 14.8. The summed E-state index contributed by atoms with van der Waals surface area (Å²) in [7, 11) is 21.1. The Morgan fingerprint density at radius 3 is 1.14 bits per heavy atom.